The normalized spacial score (nSPS) is 12.0. The van der Waals surface area contributed by atoms with Crippen LogP contribution in [-0.4, -0.2) is 0 Å². The van der Waals surface area contributed by atoms with E-state index in [1.807, 2.05) is 22.7 Å². The SMILES string of the molecule is c1ccc2cc(-c3c4ccccc4c(-c4cccc5c4sc4c6ccsc6ccc54)c4ccccc34)ccc2c1. The summed E-state index contributed by atoms with van der Waals surface area (Å²) in [4.78, 5) is 0. The van der Waals surface area contributed by atoms with E-state index in [2.05, 4.69) is 133 Å². The van der Waals surface area contributed by atoms with E-state index in [9.17, 15) is 0 Å². The third kappa shape index (κ3) is 3.12. The highest BCUT2D eigenvalue weighted by atomic mass is 32.1. The predicted octanol–water partition coefficient (Wildman–Crippen LogP) is 12.1. The van der Waals surface area contributed by atoms with Crippen LogP contribution in [0.2, 0.25) is 0 Å². The lowest BCUT2D eigenvalue weighted by Crippen LogP contribution is -1.91. The van der Waals surface area contributed by atoms with E-state index in [-0.39, 0.29) is 0 Å². The van der Waals surface area contributed by atoms with Gasteiger partial charge in [-0.25, -0.2) is 0 Å². The van der Waals surface area contributed by atoms with Crippen LogP contribution in [-0.2, 0) is 0 Å². The average Bonchev–Trinajstić information content (AvgIpc) is 3.64. The number of rotatable bonds is 2. The second kappa shape index (κ2) is 8.50. The Bertz CT molecular complexity index is 2380. The summed E-state index contributed by atoms with van der Waals surface area (Å²) in [6.45, 7) is 0. The zero-order valence-electron chi connectivity index (χ0n) is 21.5. The molecular formula is C38H22S2. The molecule has 0 unspecified atom stereocenters. The van der Waals surface area contributed by atoms with Gasteiger partial charge < -0.3 is 0 Å². The molecule has 7 aromatic carbocycles. The summed E-state index contributed by atoms with van der Waals surface area (Å²) in [5, 5.41) is 14.0. The van der Waals surface area contributed by atoms with Gasteiger partial charge in [0.1, 0.15) is 0 Å². The molecule has 0 aliphatic heterocycles. The molecule has 9 rings (SSSR count). The number of fused-ring (bicyclic) bond motifs is 8. The minimum atomic E-state index is 1.26. The van der Waals surface area contributed by atoms with Gasteiger partial charge in [-0.05, 0) is 72.6 Å². The van der Waals surface area contributed by atoms with Gasteiger partial charge in [-0.1, -0.05) is 109 Å². The molecule has 0 fully saturated rings. The largest absolute Gasteiger partial charge is 0.144 e. The molecule has 2 heterocycles. The van der Waals surface area contributed by atoms with Crippen LogP contribution in [0.3, 0.4) is 0 Å². The van der Waals surface area contributed by atoms with Crippen molar-refractivity contribution in [3.63, 3.8) is 0 Å². The van der Waals surface area contributed by atoms with Crippen LogP contribution in [0, 0.1) is 0 Å². The zero-order chi connectivity index (χ0) is 26.2. The number of thiophene rings is 2. The molecule has 0 radical (unpaired) electrons. The second-order valence-corrected chi connectivity index (χ2v) is 12.4. The Kier molecular flexibility index (Phi) is 4.74. The van der Waals surface area contributed by atoms with E-state index >= 15 is 0 Å². The Morgan fingerprint density at radius 1 is 0.400 bits per heavy atom. The summed E-state index contributed by atoms with van der Waals surface area (Å²) in [7, 11) is 0. The fourth-order valence-electron chi connectivity index (χ4n) is 6.57. The second-order valence-electron chi connectivity index (χ2n) is 10.5. The quantitative estimate of drug-likeness (QED) is 0.191. The highest BCUT2D eigenvalue weighted by Crippen LogP contribution is 2.49. The molecule has 0 saturated carbocycles. The van der Waals surface area contributed by atoms with Crippen LogP contribution in [0.15, 0.2) is 133 Å². The van der Waals surface area contributed by atoms with Crippen molar-refractivity contribution in [1.82, 2.24) is 0 Å². The van der Waals surface area contributed by atoms with Gasteiger partial charge in [-0.15, -0.1) is 22.7 Å². The van der Waals surface area contributed by atoms with E-state index < -0.39 is 0 Å². The van der Waals surface area contributed by atoms with Gasteiger partial charge in [0.2, 0.25) is 0 Å². The van der Waals surface area contributed by atoms with Crippen LogP contribution in [0.1, 0.15) is 0 Å². The van der Waals surface area contributed by atoms with E-state index in [1.54, 1.807) is 0 Å². The first-order valence-electron chi connectivity index (χ1n) is 13.6. The Labute approximate surface area is 239 Å². The minimum Gasteiger partial charge on any atom is -0.144 e. The lowest BCUT2D eigenvalue weighted by Gasteiger charge is -2.18. The molecule has 0 amide bonds. The maximum absolute atomic E-state index is 2.35. The van der Waals surface area contributed by atoms with Gasteiger partial charge in [-0.3, -0.25) is 0 Å². The topological polar surface area (TPSA) is 0 Å². The van der Waals surface area contributed by atoms with Crippen molar-refractivity contribution >= 4 is 85.2 Å². The first kappa shape index (κ1) is 22.3. The summed E-state index contributed by atoms with van der Waals surface area (Å²) in [6, 6.07) is 47.2. The monoisotopic (exact) mass is 542 g/mol. The van der Waals surface area contributed by atoms with Crippen LogP contribution in [0.25, 0.3) is 84.8 Å². The zero-order valence-corrected chi connectivity index (χ0v) is 23.2. The molecule has 186 valence electrons. The summed E-state index contributed by atoms with van der Waals surface area (Å²) >= 11 is 3.77. The van der Waals surface area contributed by atoms with Gasteiger partial charge in [0.25, 0.3) is 0 Å². The molecule has 2 aromatic heterocycles. The lowest BCUT2D eigenvalue weighted by molar-refractivity contribution is 1.69. The molecule has 9 aromatic rings. The number of hydrogen-bond donors (Lipinski definition) is 0. The third-order valence-corrected chi connectivity index (χ3v) is 10.5. The standard InChI is InChI=1S/C38H22S2/c1-2-9-24-22-25(17-16-23(24)8-1)35-26-10-3-5-12-28(26)36(29-13-6-4-11-27(29)35)33-15-7-14-30-31-18-19-34-32(20-21-39-34)37(31)40-38(30)33/h1-22H. The molecule has 40 heavy (non-hydrogen) atoms. The summed E-state index contributed by atoms with van der Waals surface area (Å²) in [6.07, 6.45) is 0. The van der Waals surface area contributed by atoms with Crippen molar-refractivity contribution in [2.24, 2.45) is 0 Å². The summed E-state index contributed by atoms with van der Waals surface area (Å²) < 4.78 is 4.11. The first-order chi connectivity index (χ1) is 19.8. The van der Waals surface area contributed by atoms with Crippen LogP contribution >= 0.6 is 22.7 Å². The molecule has 0 atom stereocenters. The molecule has 2 heteroatoms. The highest BCUT2D eigenvalue weighted by Gasteiger charge is 2.20. The molecule has 0 aliphatic carbocycles. The van der Waals surface area contributed by atoms with E-state index in [0.29, 0.717) is 0 Å². The van der Waals surface area contributed by atoms with Crippen molar-refractivity contribution in [1.29, 1.82) is 0 Å². The Balaban J connectivity index is 1.43. The molecule has 0 N–H and O–H groups in total. The van der Waals surface area contributed by atoms with Crippen molar-refractivity contribution in [2.75, 3.05) is 0 Å². The minimum absolute atomic E-state index is 1.26. The van der Waals surface area contributed by atoms with Gasteiger partial charge >= 0.3 is 0 Å². The van der Waals surface area contributed by atoms with Crippen molar-refractivity contribution in [2.45, 2.75) is 0 Å². The van der Waals surface area contributed by atoms with Crippen LogP contribution in [0.5, 0.6) is 0 Å². The van der Waals surface area contributed by atoms with E-state index in [4.69, 9.17) is 0 Å². The lowest BCUT2D eigenvalue weighted by atomic mass is 9.85. The van der Waals surface area contributed by atoms with Crippen molar-refractivity contribution in [3.05, 3.63) is 133 Å². The predicted molar refractivity (Wildman–Crippen MR) is 178 cm³/mol. The molecule has 0 nitrogen and oxygen atoms in total. The Hall–Kier alpha value is -4.50. The molecule has 0 bridgehead atoms. The highest BCUT2D eigenvalue weighted by molar-refractivity contribution is 7.28. The van der Waals surface area contributed by atoms with Gasteiger partial charge in [0, 0.05) is 35.8 Å². The van der Waals surface area contributed by atoms with Crippen molar-refractivity contribution in [3.8, 4) is 22.3 Å². The summed E-state index contributed by atoms with van der Waals surface area (Å²) in [5.41, 5.74) is 5.22. The maximum Gasteiger partial charge on any atom is 0.0442 e. The van der Waals surface area contributed by atoms with Crippen LogP contribution in [0.4, 0.5) is 0 Å². The Morgan fingerprint density at radius 3 is 1.82 bits per heavy atom. The number of benzene rings is 7. The average molecular weight is 543 g/mol. The molecular weight excluding hydrogens is 521 g/mol. The van der Waals surface area contributed by atoms with Gasteiger partial charge in [-0.2, -0.15) is 0 Å². The molecule has 0 aliphatic rings. The molecule has 0 spiro atoms. The van der Waals surface area contributed by atoms with Crippen LogP contribution < -0.4 is 0 Å². The van der Waals surface area contributed by atoms with E-state index in [1.165, 1.54) is 84.8 Å². The fraction of sp³-hybridized carbons (Fsp3) is 0. The Morgan fingerprint density at radius 2 is 1.05 bits per heavy atom. The van der Waals surface area contributed by atoms with Gasteiger partial charge in [0.05, 0.1) is 0 Å². The number of hydrogen-bond acceptors (Lipinski definition) is 2. The first-order valence-corrected chi connectivity index (χ1v) is 15.3. The van der Waals surface area contributed by atoms with E-state index in [0.717, 1.165) is 0 Å². The van der Waals surface area contributed by atoms with Gasteiger partial charge in [0.15, 0.2) is 0 Å². The maximum atomic E-state index is 2.35. The third-order valence-electron chi connectivity index (χ3n) is 8.33. The van der Waals surface area contributed by atoms with Crippen molar-refractivity contribution < 1.29 is 0 Å². The summed E-state index contributed by atoms with van der Waals surface area (Å²) in [5.74, 6) is 0. The fourth-order valence-corrected chi connectivity index (χ4v) is 8.78. The smallest absolute Gasteiger partial charge is 0.0442 e. The molecule has 0 saturated heterocycles.